The summed E-state index contributed by atoms with van der Waals surface area (Å²) < 4.78 is 13.4. The third-order valence-corrected chi connectivity index (χ3v) is 7.16. The molecule has 146 valence electrons. The Labute approximate surface area is 161 Å². The Hall–Kier alpha value is -0.620. The van der Waals surface area contributed by atoms with Crippen LogP contribution in [0.25, 0.3) is 0 Å². The standard InChI is InChI=1S/C21H33FN2OS/c1-26-13-3-9-23-10-6-21(19(16-23)17-25)7-11-24(12-8-21)15-18-4-2-5-20(22)14-18/h2,4-5,14,19,25H,3,6-13,15-17H2,1H3/t19-/m1/s1. The van der Waals surface area contributed by atoms with Crippen molar-refractivity contribution in [2.24, 2.45) is 11.3 Å². The van der Waals surface area contributed by atoms with Crippen LogP contribution in [0.1, 0.15) is 31.2 Å². The van der Waals surface area contributed by atoms with Crippen LogP contribution in [-0.2, 0) is 6.54 Å². The minimum Gasteiger partial charge on any atom is -0.396 e. The highest BCUT2D eigenvalue weighted by Gasteiger charge is 2.44. The van der Waals surface area contributed by atoms with E-state index in [0.717, 1.165) is 44.6 Å². The maximum atomic E-state index is 13.4. The number of hydrogen-bond donors (Lipinski definition) is 1. The highest BCUT2D eigenvalue weighted by Crippen LogP contribution is 2.45. The smallest absolute Gasteiger partial charge is 0.123 e. The van der Waals surface area contributed by atoms with Crippen molar-refractivity contribution in [3.05, 3.63) is 35.6 Å². The van der Waals surface area contributed by atoms with Crippen molar-refractivity contribution in [3.63, 3.8) is 0 Å². The lowest BCUT2D eigenvalue weighted by molar-refractivity contribution is -0.0427. The summed E-state index contributed by atoms with van der Waals surface area (Å²) in [5.74, 6) is 1.48. The third kappa shape index (κ3) is 5.00. The van der Waals surface area contributed by atoms with Crippen LogP contribution < -0.4 is 0 Å². The number of benzene rings is 1. The van der Waals surface area contributed by atoms with E-state index in [0.29, 0.717) is 17.9 Å². The van der Waals surface area contributed by atoms with E-state index in [1.165, 1.54) is 37.8 Å². The first-order chi connectivity index (χ1) is 12.6. The summed E-state index contributed by atoms with van der Waals surface area (Å²) in [6.45, 7) is 6.64. The normalized spacial score (nSPS) is 24.2. The molecule has 2 heterocycles. The monoisotopic (exact) mass is 380 g/mol. The highest BCUT2D eigenvalue weighted by atomic mass is 32.2. The first-order valence-electron chi connectivity index (χ1n) is 9.94. The number of aliphatic hydroxyl groups is 1. The Kier molecular flexibility index (Phi) is 7.38. The van der Waals surface area contributed by atoms with Crippen LogP contribution in [0.4, 0.5) is 4.39 Å². The van der Waals surface area contributed by atoms with Crippen molar-refractivity contribution >= 4 is 11.8 Å². The number of thioether (sulfide) groups is 1. The van der Waals surface area contributed by atoms with Gasteiger partial charge in [-0.2, -0.15) is 11.8 Å². The van der Waals surface area contributed by atoms with Gasteiger partial charge in [-0.3, -0.25) is 4.90 Å². The van der Waals surface area contributed by atoms with Gasteiger partial charge in [0.15, 0.2) is 0 Å². The first-order valence-corrected chi connectivity index (χ1v) is 11.3. The number of halogens is 1. The maximum Gasteiger partial charge on any atom is 0.123 e. The average molecular weight is 381 g/mol. The molecule has 1 spiro atoms. The predicted octanol–water partition coefficient (Wildman–Crippen LogP) is 3.48. The molecule has 0 saturated carbocycles. The van der Waals surface area contributed by atoms with E-state index in [-0.39, 0.29) is 5.82 Å². The zero-order chi connectivity index (χ0) is 18.4. The number of piperidine rings is 2. The van der Waals surface area contributed by atoms with Gasteiger partial charge in [0.1, 0.15) is 5.82 Å². The van der Waals surface area contributed by atoms with E-state index in [9.17, 15) is 9.50 Å². The molecule has 2 saturated heterocycles. The number of rotatable bonds is 7. The van der Waals surface area contributed by atoms with Gasteiger partial charge in [0, 0.05) is 25.6 Å². The summed E-state index contributed by atoms with van der Waals surface area (Å²) in [6, 6.07) is 6.96. The van der Waals surface area contributed by atoms with Gasteiger partial charge in [-0.05, 0) is 87.0 Å². The SMILES string of the molecule is CSCCCN1CCC2(CCN(Cc3cccc(F)c3)CC2)[C@@H](CO)C1. The summed E-state index contributed by atoms with van der Waals surface area (Å²) in [5, 5.41) is 10.0. The average Bonchev–Trinajstić information content (AvgIpc) is 2.65. The molecule has 1 atom stereocenters. The summed E-state index contributed by atoms with van der Waals surface area (Å²) in [7, 11) is 0. The van der Waals surface area contributed by atoms with E-state index in [2.05, 4.69) is 16.1 Å². The molecular weight excluding hydrogens is 347 g/mol. The quantitative estimate of drug-likeness (QED) is 0.733. The van der Waals surface area contributed by atoms with E-state index in [1.807, 2.05) is 17.8 Å². The van der Waals surface area contributed by atoms with Gasteiger partial charge in [-0.1, -0.05) is 12.1 Å². The van der Waals surface area contributed by atoms with E-state index < -0.39 is 0 Å². The molecule has 26 heavy (non-hydrogen) atoms. The van der Waals surface area contributed by atoms with Crippen molar-refractivity contribution in [3.8, 4) is 0 Å². The number of nitrogens with zero attached hydrogens (tertiary/aromatic N) is 2. The molecule has 1 aromatic carbocycles. The Balaban J connectivity index is 1.52. The Morgan fingerprint density at radius 3 is 2.58 bits per heavy atom. The largest absolute Gasteiger partial charge is 0.396 e. The molecule has 0 radical (unpaired) electrons. The third-order valence-electron chi connectivity index (χ3n) is 6.46. The molecule has 2 aliphatic heterocycles. The first kappa shape index (κ1) is 20.1. The predicted molar refractivity (Wildman–Crippen MR) is 108 cm³/mol. The molecule has 1 N–H and O–H groups in total. The number of likely N-dealkylation sites (tertiary alicyclic amines) is 2. The fourth-order valence-corrected chi connectivity index (χ4v) is 5.19. The summed E-state index contributed by atoms with van der Waals surface area (Å²) in [4.78, 5) is 5.00. The lowest BCUT2D eigenvalue weighted by Gasteiger charge is -2.51. The molecular formula is C21H33FN2OS. The molecule has 5 heteroatoms. The molecule has 1 aromatic rings. The van der Waals surface area contributed by atoms with Crippen molar-refractivity contribution in [1.29, 1.82) is 0 Å². The molecule has 0 aromatic heterocycles. The van der Waals surface area contributed by atoms with E-state index >= 15 is 0 Å². The number of aliphatic hydroxyl groups excluding tert-OH is 1. The minimum atomic E-state index is -0.148. The van der Waals surface area contributed by atoms with Gasteiger partial charge >= 0.3 is 0 Å². The van der Waals surface area contributed by atoms with Crippen LogP contribution in [-0.4, -0.2) is 66.2 Å². The van der Waals surface area contributed by atoms with Crippen LogP contribution in [0, 0.1) is 17.2 Å². The van der Waals surface area contributed by atoms with Crippen molar-refractivity contribution in [2.45, 2.75) is 32.2 Å². The number of hydrogen-bond acceptors (Lipinski definition) is 4. The Bertz CT molecular complexity index is 563. The van der Waals surface area contributed by atoms with Gasteiger partial charge < -0.3 is 10.0 Å². The lowest BCUT2D eigenvalue weighted by atomic mass is 9.64. The molecule has 2 aliphatic rings. The fourth-order valence-electron chi connectivity index (χ4n) is 4.78. The highest BCUT2D eigenvalue weighted by molar-refractivity contribution is 7.98. The Morgan fingerprint density at radius 1 is 1.19 bits per heavy atom. The molecule has 0 amide bonds. The van der Waals surface area contributed by atoms with Crippen LogP contribution >= 0.6 is 11.8 Å². The van der Waals surface area contributed by atoms with Crippen LogP contribution in [0.3, 0.4) is 0 Å². The fraction of sp³-hybridized carbons (Fsp3) is 0.714. The maximum absolute atomic E-state index is 13.4. The summed E-state index contributed by atoms with van der Waals surface area (Å²) >= 11 is 1.91. The van der Waals surface area contributed by atoms with Gasteiger partial charge in [0.05, 0.1) is 0 Å². The van der Waals surface area contributed by atoms with Crippen molar-refractivity contribution < 1.29 is 9.50 Å². The second kappa shape index (κ2) is 9.54. The Morgan fingerprint density at radius 2 is 1.92 bits per heavy atom. The molecule has 0 bridgehead atoms. The van der Waals surface area contributed by atoms with E-state index in [1.54, 1.807) is 12.1 Å². The van der Waals surface area contributed by atoms with Crippen LogP contribution in [0.5, 0.6) is 0 Å². The van der Waals surface area contributed by atoms with Crippen LogP contribution in [0.2, 0.25) is 0 Å². The molecule has 0 aliphatic carbocycles. The second-order valence-corrected chi connectivity index (χ2v) is 9.03. The molecule has 0 unspecified atom stereocenters. The van der Waals surface area contributed by atoms with Gasteiger partial charge in [0.25, 0.3) is 0 Å². The van der Waals surface area contributed by atoms with Gasteiger partial charge in [-0.25, -0.2) is 4.39 Å². The van der Waals surface area contributed by atoms with E-state index in [4.69, 9.17) is 0 Å². The zero-order valence-corrected chi connectivity index (χ0v) is 16.8. The van der Waals surface area contributed by atoms with Gasteiger partial charge in [0.2, 0.25) is 0 Å². The second-order valence-electron chi connectivity index (χ2n) is 8.04. The zero-order valence-electron chi connectivity index (χ0n) is 16.0. The molecule has 2 fully saturated rings. The minimum absolute atomic E-state index is 0.148. The topological polar surface area (TPSA) is 26.7 Å². The van der Waals surface area contributed by atoms with Crippen molar-refractivity contribution in [1.82, 2.24) is 9.80 Å². The summed E-state index contributed by atoms with van der Waals surface area (Å²) in [5.41, 5.74) is 1.37. The van der Waals surface area contributed by atoms with Crippen LogP contribution in [0.15, 0.2) is 24.3 Å². The molecule has 3 nitrogen and oxygen atoms in total. The van der Waals surface area contributed by atoms with Gasteiger partial charge in [-0.15, -0.1) is 0 Å². The molecule has 3 rings (SSSR count). The van der Waals surface area contributed by atoms with Crippen molar-refractivity contribution in [2.75, 3.05) is 51.3 Å². The summed E-state index contributed by atoms with van der Waals surface area (Å²) in [6.07, 6.45) is 6.94. The lowest BCUT2D eigenvalue weighted by Crippen LogP contribution is -2.53.